The van der Waals surface area contributed by atoms with Crippen molar-refractivity contribution in [1.82, 2.24) is 9.97 Å². The molecule has 254 valence electrons. The van der Waals surface area contributed by atoms with Gasteiger partial charge in [-0.3, -0.25) is 0 Å². The molecule has 0 aliphatic rings. The SMILES string of the molecule is c1ccc(-c2ccc3ccc4ccc(-c5c6ccccc6c(-c6cc7ccc8sc9ccccc9c8c7c7ccccc67)c6ccccc56)nc4c3n2)cc1. The van der Waals surface area contributed by atoms with Gasteiger partial charge >= 0.3 is 0 Å². The molecule has 0 spiro atoms. The number of benzene rings is 9. The Balaban J connectivity index is 1.16. The van der Waals surface area contributed by atoms with E-state index >= 15 is 0 Å². The third-order valence-electron chi connectivity index (χ3n) is 11.4. The Kier molecular flexibility index (Phi) is 6.54. The van der Waals surface area contributed by atoms with Crippen LogP contribution < -0.4 is 0 Å². The van der Waals surface area contributed by atoms with E-state index in [-0.39, 0.29) is 0 Å². The Morgan fingerprint density at radius 1 is 0.327 bits per heavy atom. The normalized spacial score (nSPS) is 12.0. The molecule has 55 heavy (non-hydrogen) atoms. The van der Waals surface area contributed by atoms with Gasteiger partial charge in [0.15, 0.2) is 0 Å². The van der Waals surface area contributed by atoms with Gasteiger partial charge in [0.2, 0.25) is 0 Å². The summed E-state index contributed by atoms with van der Waals surface area (Å²) in [6.45, 7) is 0. The van der Waals surface area contributed by atoms with Crippen molar-refractivity contribution in [2.75, 3.05) is 0 Å². The number of hydrogen-bond donors (Lipinski definition) is 0. The minimum atomic E-state index is 0.915. The quantitative estimate of drug-likeness (QED) is 0.134. The lowest BCUT2D eigenvalue weighted by Gasteiger charge is -2.19. The van der Waals surface area contributed by atoms with Gasteiger partial charge in [0.25, 0.3) is 0 Å². The summed E-state index contributed by atoms with van der Waals surface area (Å²) in [7, 11) is 0. The highest BCUT2D eigenvalue weighted by atomic mass is 32.1. The van der Waals surface area contributed by atoms with Crippen LogP contribution in [0.3, 0.4) is 0 Å². The topological polar surface area (TPSA) is 25.8 Å². The lowest BCUT2D eigenvalue weighted by atomic mass is 9.84. The van der Waals surface area contributed by atoms with Crippen LogP contribution in [0.4, 0.5) is 0 Å². The van der Waals surface area contributed by atoms with Crippen LogP contribution in [-0.2, 0) is 0 Å². The number of rotatable bonds is 3. The predicted molar refractivity (Wildman–Crippen MR) is 236 cm³/mol. The summed E-state index contributed by atoms with van der Waals surface area (Å²) in [6, 6.07) is 66.0. The van der Waals surface area contributed by atoms with Crippen molar-refractivity contribution in [3.05, 3.63) is 182 Å². The maximum atomic E-state index is 5.49. The highest BCUT2D eigenvalue weighted by Gasteiger charge is 2.21. The van der Waals surface area contributed by atoms with Crippen molar-refractivity contribution in [1.29, 1.82) is 0 Å². The molecule has 0 aliphatic heterocycles. The van der Waals surface area contributed by atoms with Crippen LogP contribution >= 0.6 is 11.3 Å². The van der Waals surface area contributed by atoms with Gasteiger partial charge in [-0.15, -0.1) is 11.3 Å². The summed E-state index contributed by atoms with van der Waals surface area (Å²) in [5.74, 6) is 0. The Morgan fingerprint density at radius 3 is 1.53 bits per heavy atom. The summed E-state index contributed by atoms with van der Waals surface area (Å²) in [6.07, 6.45) is 0. The number of fused-ring (bicyclic) bond motifs is 12. The highest BCUT2D eigenvalue weighted by Crippen LogP contribution is 2.48. The fourth-order valence-electron chi connectivity index (χ4n) is 8.99. The van der Waals surface area contributed by atoms with E-state index in [4.69, 9.17) is 9.97 Å². The number of pyridine rings is 2. The van der Waals surface area contributed by atoms with E-state index in [1.165, 1.54) is 74.4 Å². The van der Waals surface area contributed by atoms with E-state index in [1.807, 2.05) is 17.4 Å². The highest BCUT2D eigenvalue weighted by molar-refractivity contribution is 7.26. The number of aromatic nitrogens is 2. The van der Waals surface area contributed by atoms with Crippen molar-refractivity contribution >= 4 is 96.4 Å². The van der Waals surface area contributed by atoms with Crippen LogP contribution in [0.2, 0.25) is 0 Å². The van der Waals surface area contributed by atoms with Gasteiger partial charge in [-0.2, -0.15) is 0 Å². The predicted octanol–water partition coefficient (Wildman–Crippen LogP) is 14.8. The first-order valence-electron chi connectivity index (χ1n) is 18.7. The number of hydrogen-bond acceptors (Lipinski definition) is 3. The number of nitrogens with zero attached hydrogens (tertiary/aromatic N) is 2. The smallest absolute Gasteiger partial charge is 0.0972 e. The average Bonchev–Trinajstić information content (AvgIpc) is 3.64. The molecule has 0 aliphatic carbocycles. The molecule has 2 nitrogen and oxygen atoms in total. The molecular weight excluding hydrogens is 685 g/mol. The lowest BCUT2D eigenvalue weighted by molar-refractivity contribution is 1.37. The van der Waals surface area contributed by atoms with Crippen LogP contribution in [0.1, 0.15) is 0 Å². The van der Waals surface area contributed by atoms with Crippen LogP contribution in [0, 0.1) is 0 Å². The molecule has 0 radical (unpaired) electrons. The van der Waals surface area contributed by atoms with Gasteiger partial charge in [-0.25, -0.2) is 9.97 Å². The maximum absolute atomic E-state index is 5.49. The van der Waals surface area contributed by atoms with Gasteiger partial charge in [-0.05, 0) is 84.5 Å². The van der Waals surface area contributed by atoms with Gasteiger partial charge in [0.1, 0.15) is 0 Å². The molecule has 0 amide bonds. The maximum Gasteiger partial charge on any atom is 0.0972 e. The van der Waals surface area contributed by atoms with E-state index < -0.39 is 0 Å². The fraction of sp³-hybridized carbons (Fsp3) is 0. The van der Waals surface area contributed by atoms with Gasteiger partial charge < -0.3 is 0 Å². The first-order valence-corrected chi connectivity index (χ1v) is 19.6. The average molecular weight is 715 g/mol. The Hall–Kier alpha value is -6.94. The van der Waals surface area contributed by atoms with Gasteiger partial charge in [0, 0.05) is 42.1 Å². The molecule has 3 heterocycles. The van der Waals surface area contributed by atoms with Crippen LogP contribution in [-0.4, -0.2) is 9.97 Å². The summed E-state index contributed by atoms with van der Waals surface area (Å²) in [5, 5.41) is 14.8. The monoisotopic (exact) mass is 714 g/mol. The molecule has 0 saturated carbocycles. The second kappa shape index (κ2) is 11.8. The minimum Gasteiger partial charge on any atom is -0.245 e. The minimum absolute atomic E-state index is 0.915. The first kappa shape index (κ1) is 30.5. The first-order chi connectivity index (χ1) is 27.3. The Labute approximate surface area is 320 Å². The molecule has 3 aromatic heterocycles. The zero-order valence-corrected chi connectivity index (χ0v) is 30.4. The van der Waals surface area contributed by atoms with Crippen molar-refractivity contribution in [3.63, 3.8) is 0 Å². The molecule has 3 heteroatoms. The molecule has 0 N–H and O–H groups in total. The van der Waals surface area contributed by atoms with E-state index in [0.29, 0.717) is 0 Å². The molecule has 0 saturated heterocycles. The van der Waals surface area contributed by atoms with E-state index in [0.717, 1.165) is 44.3 Å². The van der Waals surface area contributed by atoms with Crippen molar-refractivity contribution in [3.8, 4) is 33.6 Å². The second-order valence-electron chi connectivity index (χ2n) is 14.4. The largest absolute Gasteiger partial charge is 0.245 e. The van der Waals surface area contributed by atoms with Crippen LogP contribution in [0.25, 0.3) is 119 Å². The van der Waals surface area contributed by atoms with E-state index in [2.05, 4.69) is 176 Å². The van der Waals surface area contributed by atoms with E-state index in [9.17, 15) is 0 Å². The van der Waals surface area contributed by atoms with Gasteiger partial charge in [0.05, 0.1) is 22.4 Å². The third-order valence-corrected chi connectivity index (χ3v) is 12.5. The summed E-state index contributed by atoms with van der Waals surface area (Å²) in [5.41, 5.74) is 8.47. The zero-order valence-electron chi connectivity index (χ0n) is 29.6. The Morgan fingerprint density at radius 2 is 0.836 bits per heavy atom. The summed E-state index contributed by atoms with van der Waals surface area (Å²) < 4.78 is 2.66. The Bertz CT molecular complexity index is 3490. The molecule has 0 bridgehead atoms. The summed E-state index contributed by atoms with van der Waals surface area (Å²) >= 11 is 1.88. The fourth-order valence-corrected chi connectivity index (χ4v) is 10.1. The molecule has 12 aromatic rings. The lowest BCUT2D eigenvalue weighted by Crippen LogP contribution is -1.95. The second-order valence-corrected chi connectivity index (χ2v) is 15.5. The molecule has 0 fully saturated rings. The third kappa shape index (κ3) is 4.54. The molecule has 0 atom stereocenters. The molecule has 0 unspecified atom stereocenters. The van der Waals surface area contributed by atoms with Gasteiger partial charge in [-0.1, -0.05) is 152 Å². The molecule has 12 rings (SSSR count). The number of thiophene rings is 1. The standard InChI is InChI=1S/C52H30N2S/c1-2-12-31(13-3-1)43-27-24-32-22-23-33-25-28-44(54-52(33)51(32)53-43)49-39-18-8-6-16-37(39)48(38-17-7-9-19-40(38)49)42-30-34-26-29-46-50(41-20-10-11-21-45(41)55-46)47(34)36-15-5-4-14-35(36)42/h1-30H. The van der Waals surface area contributed by atoms with E-state index in [1.54, 1.807) is 0 Å². The van der Waals surface area contributed by atoms with Crippen molar-refractivity contribution in [2.45, 2.75) is 0 Å². The van der Waals surface area contributed by atoms with Crippen LogP contribution in [0.15, 0.2) is 182 Å². The molecular formula is C52H30N2S. The molecule has 9 aromatic carbocycles. The summed E-state index contributed by atoms with van der Waals surface area (Å²) in [4.78, 5) is 10.7. The zero-order chi connectivity index (χ0) is 36.0. The van der Waals surface area contributed by atoms with Crippen molar-refractivity contribution < 1.29 is 0 Å². The van der Waals surface area contributed by atoms with Crippen LogP contribution in [0.5, 0.6) is 0 Å². The van der Waals surface area contributed by atoms with Crippen molar-refractivity contribution in [2.24, 2.45) is 0 Å².